The van der Waals surface area contributed by atoms with Crippen molar-refractivity contribution in [3.05, 3.63) is 29.6 Å². The fraction of sp³-hybridized carbons (Fsp3) is 0.545. The van der Waals surface area contributed by atoms with Gasteiger partial charge in [0.05, 0.1) is 5.37 Å². The smallest absolute Gasteiger partial charge is 0.0809 e. The van der Waals surface area contributed by atoms with Crippen molar-refractivity contribution in [2.45, 2.75) is 31.7 Å². The zero-order chi connectivity index (χ0) is 9.97. The Balaban J connectivity index is 2.13. The van der Waals surface area contributed by atoms with Crippen molar-refractivity contribution in [2.24, 2.45) is 0 Å². The molecule has 0 spiro atoms. The predicted molar refractivity (Wildman–Crippen MR) is 61.4 cm³/mol. The van der Waals surface area contributed by atoms with E-state index in [4.69, 9.17) is 0 Å². The van der Waals surface area contributed by atoms with Crippen molar-refractivity contribution in [1.29, 1.82) is 0 Å². The third-order valence-corrected chi connectivity index (χ3v) is 4.02. The van der Waals surface area contributed by atoms with E-state index in [-0.39, 0.29) is 0 Å². The van der Waals surface area contributed by atoms with Gasteiger partial charge in [0.25, 0.3) is 0 Å². The summed E-state index contributed by atoms with van der Waals surface area (Å²) in [5, 5.41) is 4.07. The first-order valence-corrected chi connectivity index (χ1v) is 6.14. The van der Waals surface area contributed by atoms with Gasteiger partial charge in [0.2, 0.25) is 0 Å². The Morgan fingerprint density at radius 2 is 2.50 bits per heavy atom. The summed E-state index contributed by atoms with van der Waals surface area (Å²) in [7, 11) is 0. The van der Waals surface area contributed by atoms with E-state index < -0.39 is 0 Å². The molecule has 2 atom stereocenters. The zero-order valence-corrected chi connectivity index (χ0v) is 9.47. The summed E-state index contributed by atoms with van der Waals surface area (Å²) < 4.78 is 0. The van der Waals surface area contributed by atoms with Crippen LogP contribution in [0.25, 0.3) is 0 Å². The molecule has 3 heteroatoms. The molecule has 1 aliphatic rings. The van der Waals surface area contributed by atoms with Crippen molar-refractivity contribution >= 4 is 11.8 Å². The topological polar surface area (TPSA) is 24.9 Å². The summed E-state index contributed by atoms with van der Waals surface area (Å²) in [5.74, 6) is 1.22. The summed E-state index contributed by atoms with van der Waals surface area (Å²) in [5.41, 5.74) is 2.68. The van der Waals surface area contributed by atoms with Gasteiger partial charge in [0.15, 0.2) is 0 Å². The molecule has 2 nitrogen and oxygen atoms in total. The molecule has 0 bridgehead atoms. The van der Waals surface area contributed by atoms with E-state index in [1.54, 1.807) is 0 Å². The molecule has 0 amide bonds. The van der Waals surface area contributed by atoms with E-state index >= 15 is 0 Å². The number of hydrogen-bond donors (Lipinski definition) is 1. The van der Waals surface area contributed by atoms with Crippen LogP contribution in [0.5, 0.6) is 0 Å². The molecule has 0 aromatic carbocycles. The number of hydrogen-bond acceptors (Lipinski definition) is 3. The highest BCUT2D eigenvalue weighted by molar-refractivity contribution is 7.99. The maximum atomic E-state index is 4.19. The van der Waals surface area contributed by atoms with E-state index in [0.717, 1.165) is 0 Å². The summed E-state index contributed by atoms with van der Waals surface area (Å²) in [6.07, 6.45) is 5.05. The number of aryl methyl sites for hydroxylation is 1. The van der Waals surface area contributed by atoms with Crippen LogP contribution in [0.4, 0.5) is 0 Å². The summed E-state index contributed by atoms with van der Waals surface area (Å²) in [4.78, 5) is 4.19. The van der Waals surface area contributed by atoms with Gasteiger partial charge in [-0.15, -0.1) is 11.8 Å². The first-order chi connectivity index (χ1) is 6.81. The SMILES string of the molecule is CCC1CSC(c2cnccc2C)N1. The Hall–Kier alpha value is -0.540. The fourth-order valence-electron chi connectivity index (χ4n) is 1.69. The summed E-state index contributed by atoms with van der Waals surface area (Å²) in [6, 6.07) is 2.75. The lowest BCUT2D eigenvalue weighted by molar-refractivity contribution is 0.559. The first-order valence-electron chi connectivity index (χ1n) is 5.09. The highest BCUT2D eigenvalue weighted by atomic mass is 32.2. The van der Waals surface area contributed by atoms with Crippen LogP contribution in [-0.4, -0.2) is 16.8 Å². The minimum absolute atomic E-state index is 0.452. The Morgan fingerprint density at radius 1 is 1.64 bits per heavy atom. The minimum Gasteiger partial charge on any atom is -0.298 e. The first kappa shape index (κ1) is 9.99. The normalized spacial score (nSPS) is 26.7. The maximum absolute atomic E-state index is 4.19. The van der Waals surface area contributed by atoms with Gasteiger partial charge in [-0.1, -0.05) is 6.92 Å². The van der Waals surface area contributed by atoms with Gasteiger partial charge in [-0.3, -0.25) is 10.3 Å². The van der Waals surface area contributed by atoms with Gasteiger partial charge in [-0.2, -0.15) is 0 Å². The largest absolute Gasteiger partial charge is 0.298 e. The van der Waals surface area contributed by atoms with E-state index in [2.05, 4.69) is 30.2 Å². The Morgan fingerprint density at radius 3 is 3.14 bits per heavy atom. The molecule has 1 saturated heterocycles. The van der Waals surface area contributed by atoms with E-state index in [1.165, 1.54) is 23.3 Å². The van der Waals surface area contributed by atoms with Crippen LogP contribution in [0.2, 0.25) is 0 Å². The molecule has 1 aliphatic heterocycles. The molecular formula is C11H16N2S. The van der Waals surface area contributed by atoms with Crippen molar-refractivity contribution in [2.75, 3.05) is 5.75 Å². The predicted octanol–water partition coefficient (Wildman–Crippen LogP) is 2.50. The number of nitrogens with zero attached hydrogens (tertiary/aromatic N) is 1. The summed E-state index contributed by atoms with van der Waals surface area (Å²) in [6.45, 7) is 4.38. The molecule has 0 radical (unpaired) electrons. The molecule has 1 N–H and O–H groups in total. The average molecular weight is 208 g/mol. The van der Waals surface area contributed by atoms with Crippen molar-refractivity contribution < 1.29 is 0 Å². The molecular weight excluding hydrogens is 192 g/mol. The quantitative estimate of drug-likeness (QED) is 0.808. The lowest BCUT2D eigenvalue weighted by atomic mass is 10.1. The van der Waals surface area contributed by atoms with Gasteiger partial charge in [0, 0.05) is 29.8 Å². The second-order valence-corrected chi connectivity index (χ2v) is 4.86. The van der Waals surface area contributed by atoms with E-state index in [1.807, 2.05) is 24.2 Å². The molecule has 0 aliphatic carbocycles. The highest BCUT2D eigenvalue weighted by Crippen LogP contribution is 2.34. The van der Waals surface area contributed by atoms with Crippen LogP contribution in [-0.2, 0) is 0 Å². The molecule has 1 aromatic rings. The van der Waals surface area contributed by atoms with E-state index in [9.17, 15) is 0 Å². The molecule has 2 rings (SSSR count). The molecule has 2 unspecified atom stereocenters. The molecule has 14 heavy (non-hydrogen) atoms. The van der Waals surface area contributed by atoms with Crippen LogP contribution >= 0.6 is 11.8 Å². The van der Waals surface area contributed by atoms with Crippen LogP contribution < -0.4 is 5.32 Å². The van der Waals surface area contributed by atoms with Crippen molar-refractivity contribution in [1.82, 2.24) is 10.3 Å². The number of pyridine rings is 1. The van der Waals surface area contributed by atoms with Crippen LogP contribution in [0.3, 0.4) is 0 Å². The molecule has 0 saturated carbocycles. The monoisotopic (exact) mass is 208 g/mol. The third kappa shape index (κ3) is 1.93. The van der Waals surface area contributed by atoms with E-state index in [0.29, 0.717) is 11.4 Å². The highest BCUT2D eigenvalue weighted by Gasteiger charge is 2.25. The van der Waals surface area contributed by atoms with Gasteiger partial charge >= 0.3 is 0 Å². The number of rotatable bonds is 2. The van der Waals surface area contributed by atoms with Crippen molar-refractivity contribution in [3.8, 4) is 0 Å². The maximum Gasteiger partial charge on any atom is 0.0809 e. The van der Waals surface area contributed by atoms with Gasteiger partial charge in [0.1, 0.15) is 0 Å². The summed E-state index contributed by atoms with van der Waals surface area (Å²) >= 11 is 1.99. The minimum atomic E-state index is 0.452. The second-order valence-electron chi connectivity index (χ2n) is 3.72. The van der Waals surface area contributed by atoms with Crippen LogP contribution in [0.15, 0.2) is 18.5 Å². The number of aromatic nitrogens is 1. The third-order valence-electron chi connectivity index (χ3n) is 2.71. The van der Waals surface area contributed by atoms with Gasteiger partial charge in [-0.05, 0) is 25.0 Å². The molecule has 1 aromatic heterocycles. The Labute approximate surface area is 89.5 Å². The second kappa shape index (κ2) is 4.32. The fourth-order valence-corrected chi connectivity index (χ4v) is 3.16. The Kier molecular flexibility index (Phi) is 3.08. The molecule has 1 fully saturated rings. The van der Waals surface area contributed by atoms with Gasteiger partial charge < -0.3 is 0 Å². The lowest BCUT2D eigenvalue weighted by Gasteiger charge is -2.13. The van der Waals surface area contributed by atoms with Crippen LogP contribution in [0, 0.1) is 6.92 Å². The average Bonchev–Trinajstić information content (AvgIpc) is 2.67. The number of nitrogens with one attached hydrogen (secondary N) is 1. The van der Waals surface area contributed by atoms with Crippen molar-refractivity contribution in [3.63, 3.8) is 0 Å². The molecule has 2 heterocycles. The zero-order valence-electron chi connectivity index (χ0n) is 8.66. The Bertz CT molecular complexity index is 314. The standard InChI is InChI=1S/C11H16N2S/c1-3-9-7-14-11(13-9)10-6-12-5-4-8(10)2/h4-6,9,11,13H,3,7H2,1-2H3. The van der Waals surface area contributed by atoms with Crippen LogP contribution in [0.1, 0.15) is 29.8 Å². The lowest BCUT2D eigenvalue weighted by Crippen LogP contribution is -2.25. The molecule has 76 valence electrons. The van der Waals surface area contributed by atoms with Gasteiger partial charge in [-0.25, -0.2) is 0 Å². The number of thioether (sulfide) groups is 1.